The average Bonchev–Trinajstić information content (AvgIpc) is 3.15. The second kappa shape index (κ2) is 8.16. The molecule has 0 bridgehead atoms. The van der Waals surface area contributed by atoms with E-state index in [1.54, 1.807) is 4.90 Å². The molecule has 6 nitrogen and oxygen atoms in total. The Morgan fingerprint density at radius 2 is 1.63 bits per heavy atom. The van der Waals surface area contributed by atoms with E-state index in [1.807, 2.05) is 30.5 Å². The van der Waals surface area contributed by atoms with E-state index in [-0.39, 0.29) is 32.1 Å². The van der Waals surface area contributed by atoms with Crippen LogP contribution in [0.3, 0.4) is 0 Å². The number of aromatic amines is 1. The number of benzene rings is 2. The fraction of sp³-hybridized carbons (Fsp3) is 0.286. The zero-order valence-electron chi connectivity index (χ0n) is 16.1. The van der Waals surface area contributed by atoms with Gasteiger partial charge in [-0.1, -0.05) is 24.3 Å². The second-order valence-corrected chi connectivity index (χ2v) is 9.07. The van der Waals surface area contributed by atoms with Crippen molar-refractivity contribution in [1.29, 1.82) is 0 Å². The maximum atomic E-state index is 13.9. The van der Waals surface area contributed by atoms with Crippen LogP contribution >= 0.6 is 0 Å². The van der Waals surface area contributed by atoms with Gasteiger partial charge in [0.05, 0.1) is 0 Å². The summed E-state index contributed by atoms with van der Waals surface area (Å²) in [6.07, 6.45) is 2.77. The molecular weight excluding hydrogens is 412 g/mol. The van der Waals surface area contributed by atoms with Crippen LogP contribution in [0.15, 0.2) is 53.6 Å². The number of hydrogen-bond donors (Lipinski definition) is 1. The number of rotatable bonds is 5. The number of sulfonamides is 1. The smallest absolute Gasteiger partial charge is 0.249 e. The van der Waals surface area contributed by atoms with E-state index < -0.39 is 26.6 Å². The topological polar surface area (TPSA) is 73.5 Å². The number of H-pyrrole nitrogens is 1. The maximum Gasteiger partial charge on any atom is 0.249 e. The molecule has 0 radical (unpaired) electrons. The van der Waals surface area contributed by atoms with Crippen molar-refractivity contribution in [2.24, 2.45) is 0 Å². The first-order valence-electron chi connectivity index (χ1n) is 9.65. The Morgan fingerprint density at radius 3 is 2.33 bits per heavy atom. The molecule has 3 aromatic rings. The molecule has 4 rings (SSSR count). The van der Waals surface area contributed by atoms with E-state index in [0.29, 0.717) is 12.8 Å². The van der Waals surface area contributed by atoms with Crippen molar-refractivity contribution in [2.75, 3.05) is 26.2 Å². The number of aryl methyl sites for hydroxylation is 1. The Labute approximate surface area is 173 Å². The van der Waals surface area contributed by atoms with Crippen molar-refractivity contribution in [3.05, 3.63) is 65.9 Å². The fourth-order valence-corrected chi connectivity index (χ4v) is 5.31. The summed E-state index contributed by atoms with van der Waals surface area (Å²) in [7, 11) is -4.30. The standard InChI is InChI=1S/C21H21F2N3O3S/c22-17-5-3-6-18(23)21(17)30(28,29)26-12-10-25(11-13-26)20(27)9-8-15-14-24-19-7-2-1-4-16(15)19/h1-7,14,24H,8-13H2. The normalized spacial score (nSPS) is 15.6. The Morgan fingerprint density at radius 1 is 0.967 bits per heavy atom. The summed E-state index contributed by atoms with van der Waals surface area (Å²) in [6, 6.07) is 10.8. The number of para-hydroxylation sites is 1. The number of fused-ring (bicyclic) bond motifs is 1. The van der Waals surface area contributed by atoms with Gasteiger partial charge in [0.25, 0.3) is 0 Å². The third-order valence-corrected chi connectivity index (χ3v) is 7.34. The van der Waals surface area contributed by atoms with E-state index in [4.69, 9.17) is 0 Å². The van der Waals surface area contributed by atoms with E-state index >= 15 is 0 Å². The van der Waals surface area contributed by atoms with Crippen LogP contribution in [0.2, 0.25) is 0 Å². The number of halogens is 2. The summed E-state index contributed by atoms with van der Waals surface area (Å²) in [4.78, 5) is 16.4. The second-order valence-electron chi connectivity index (χ2n) is 7.20. The van der Waals surface area contributed by atoms with E-state index in [2.05, 4.69) is 4.98 Å². The minimum absolute atomic E-state index is 0.00503. The predicted molar refractivity (Wildman–Crippen MR) is 108 cm³/mol. The largest absolute Gasteiger partial charge is 0.361 e. The summed E-state index contributed by atoms with van der Waals surface area (Å²) < 4.78 is 54.2. The van der Waals surface area contributed by atoms with Crippen LogP contribution in [0, 0.1) is 11.6 Å². The lowest BCUT2D eigenvalue weighted by Gasteiger charge is -2.34. The molecule has 2 aromatic carbocycles. The first-order chi connectivity index (χ1) is 14.4. The van der Waals surface area contributed by atoms with Crippen molar-refractivity contribution in [2.45, 2.75) is 17.7 Å². The first kappa shape index (κ1) is 20.5. The summed E-state index contributed by atoms with van der Waals surface area (Å²) in [5, 5.41) is 1.08. The number of hydrogen-bond acceptors (Lipinski definition) is 3. The number of nitrogens with one attached hydrogen (secondary N) is 1. The lowest BCUT2D eigenvalue weighted by atomic mass is 10.1. The van der Waals surface area contributed by atoms with Gasteiger partial charge < -0.3 is 9.88 Å². The lowest BCUT2D eigenvalue weighted by Crippen LogP contribution is -2.50. The van der Waals surface area contributed by atoms with Crippen LogP contribution in [0.4, 0.5) is 8.78 Å². The van der Waals surface area contributed by atoms with Crippen molar-refractivity contribution in [3.63, 3.8) is 0 Å². The fourth-order valence-electron chi connectivity index (χ4n) is 3.77. The van der Waals surface area contributed by atoms with Crippen molar-refractivity contribution in [3.8, 4) is 0 Å². The molecule has 0 spiro atoms. The van der Waals surface area contributed by atoms with Gasteiger partial charge in [-0.3, -0.25) is 4.79 Å². The van der Waals surface area contributed by atoms with Gasteiger partial charge in [-0.2, -0.15) is 4.31 Å². The Hall–Kier alpha value is -2.78. The van der Waals surface area contributed by atoms with Crippen LogP contribution < -0.4 is 0 Å². The van der Waals surface area contributed by atoms with Gasteiger partial charge in [0, 0.05) is 49.7 Å². The lowest BCUT2D eigenvalue weighted by molar-refractivity contribution is -0.132. The highest BCUT2D eigenvalue weighted by atomic mass is 32.2. The summed E-state index contributed by atoms with van der Waals surface area (Å²) in [6.45, 7) is 0.355. The molecular formula is C21H21F2N3O3S. The molecule has 1 N–H and O–H groups in total. The molecule has 2 heterocycles. The molecule has 1 aromatic heterocycles. The summed E-state index contributed by atoms with van der Waals surface area (Å²) in [5.41, 5.74) is 2.06. The monoisotopic (exact) mass is 433 g/mol. The Balaban J connectivity index is 1.37. The molecule has 1 saturated heterocycles. The van der Waals surface area contributed by atoms with E-state index in [0.717, 1.165) is 39.0 Å². The molecule has 1 amide bonds. The molecule has 158 valence electrons. The molecule has 0 aliphatic carbocycles. The van der Waals surface area contributed by atoms with Crippen LogP contribution in [0.1, 0.15) is 12.0 Å². The number of carbonyl (C=O) groups excluding carboxylic acids is 1. The van der Waals surface area contributed by atoms with Crippen LogP contribution in [0.25, 0.3) is 10.9 Å². The van der Waals surface area contributed by atoms with Gasteiger partial charge >= 0.3 is 0 Å². The summed E-state index contributed by atoms with van der Waals surface area (Å²) in [5.74, 6) is -2.31. The van der Waals surface area contributed by atoms with Crippen molar-refractivity contribution in [1.82, 2.24) is 14.2 Å². The molecule has 1 aliphatic rings. The van der Waals surface area contributed by atoms with Gasteiger partial charge in [-0.15, -0.1) is 0 Å². The molecule has 1 fully saturated rings. The number of nitrogens with zero attached hydrogens (tertiary/aromatic N) is 2. The van der Waals surface area contributed by atoms with Crippen LogP contribution in [0.5, 0.6) is 0 Å². The van der Waals surface area contributed by atoms with Gasteiger partial charge in [-0.05, 0) is 30.2 Å². The number of aromatic nitrogens is 1. The number of piperazine rings is 1. The third-order valence-electron chi connectivity index (χ3n) is 5.39. The van der Waals surface area contributed by atoms with Crippen LogP contribution in [-0.2, 0) is 21.2 Å². The highest BCUT2D eigenvalue weighted by Gasteiger charge is 2.33. The molecule has 0 atom stereocenters. The van der Waals surface area contributed by atoms with Crippen molar-refractivity contribution >= 4 is 26.8 Å². The number of amides is 1. The van der Waals surface area contributed by atoms with E-state index in [1.165, 1.54) is 0 Å². The van der Waals surface area contributed by atoms with Crippen LogP contribution in [-0.4, -0.2) is 54.7 Å². The highest BCUT2D eigenvalue weighted by molar-refractivity contribution is 7.89. The average molecular weight is 433 g/mol. The Bertz CT molecular complexity index is 1160. The zero-order chi connectivity index (χ0) is 21.3. The minimum Gasteiger partial charge on any atom is -0.361 e. The summed E-state index contributed by atoms with van der Waals surface area (Å²) >= 11 is 0. The predicted octanol–water partition coefficient (Wildman–Crippen LogP) is 2.91. The van der Waals surface area contributed by atoms with E-state index in [9.17, 15) is 22.0 Å². The SMILES string of the molecule is O=C(CCc1c[nH]c2ccccc12)N1CCN(S(=O)(=O)c2c(F)cccc2F)CC1. The molecule has 30 heavy (non-hydrogen) atoms. The molecule has 0 unspecified atom stereocenters. The zero-order valence-corrected chi connectivity index (χ0v) is 17.0. The maximum absolute atomic E-state index is 13.9. The molecule has 0 saturated carbocycles. The van der Waals surface area contributed by atoms with Gasteiger partial charge in [0.1, 0.15) is 11.6 Å². The first-order valence-corrected chi connectivity index (χ1v) is 11.1. The third kappa shape index (κ3) is 3.82. The van der Waals surface area contributed by atoms with Crippen molar-refractivity contribution < 1.29 is 22.0 Å². The highest BCUT2D eigenvalue weighted by Crippen LogP contribution is 2.24. The van der Waals surface area contributed by atoms with Gasteiger partial charge in [0.2, 0.25) is 15.9 Å². The number of carbonyl (C=O) groups is 1. The molecule has 9 heteroatoms. The van der Waals surface area contributed by atoms with Gasteiger partial charge in [0.15, 0.2) is 4.90 Å². The Kier molecular flexibility index (Phi) is 5.57. The minimum atomic E-state index is -4.30. The van der Waals surface area contributed by atoms with Gasteiger partial charge in [-0.25, -0.2) is 17.2 Å². The quantitative estimate of drug-likeness (QED) is 0.673. The molecule has 1 aliphatic heterocycles.